The van der Waals surface area contributed by atoms with Gasteiger partial charge in [0.2, 0.25) is 0 Å². The van der Waals surface area contributed by atoms with Crippen molar-refractivity contribution in [2.45, 2.75) is 136 Å². The minimum absolute atomic E-state index is 0.327. The lowest BCUT2D eigenvalue weighted by Gasteiger charge is -2.44. The zero-order valence-corrected chi connectivity index (χ0v) is 33.1. The fourth-order valence-corrected chi connectivity index (χ4v) is 20.0. The Kier molecular flexibility index (Phi) is 9.34. The van der Waals surface area contributed by atoms with Gasteiger partial charge >= 0.3 is 5.97 Å². The molecule has 2 heterocycles. The zero-order chi connectivity index (χ0) is 34.8. The van der Waals surface area contributed by atoms with Crippen LogP contribution in [0.2, 0.25) is 33.2 Å². The van der Waals surface area contributed by atoms with Crippen LogP contribution in [-0.2, 0) is 10.3 Å². The maximum Gasteiger partial charge on any atom is 0.340 e. The third-order valence-electron chi connectivity index (χ3n) is 11.4. The molecule has 0 unspecified atom stereocenters. The molecule has 7 heteroatoms. The number of rotatable bonds is 10. The number of fused-ring (bicyclic) bond motifs is 6. The van der Waals surface area contributed by atoms with Gasteiger partial charge in [-0.15, -0.1) is 0 Å². The highest BCUT2D eigenvalue weighted by Gasteiger charge is 2.55. The van der Waals surface area contributed by atoms with Crippen molar-refractivity contribution in [3.05, 3.63) is 81.9 Å². The van der Waals surface area contributed by atoms with E-state index in [9.17, 15) is 4.79 Å². The largest absolute Gasteiger partial charge is 0.542 e. The summed E-state index contributed by atoms with van der Waals surface area (Å²) in [6, 6.07) is 16.0. The Morgan fingerprint density at radius 2 is 0.936 bits per heavy atom. The summed E-state index contributed by atoms with van der Waals surface area (Å²) in [7, 11) is -4.52. The minimum Gasteiger partial charge on any atom is -0.542 e. The number of benzene rings is 3. The fraction of sp³-hybridized carbons (Fsp3) is 0.525. The summed E-state index contributed by atoms with van der Waals surface area (Å²) in [5.74, 6) is 2.75. The second kappa shape index (κ2) is 12.4. The molecule has 3 aromatic rings. The smallest absolute Gasteiger partial charge is 0.340 e. The molecule has 0 atom stereocenters. The van der Waals surface area contributed by atoms with E-state index in [-0.39, 0.29) is 5.97 Å². The molecule has 0 N–H and O–H groups in total. The van der Waals surface area contributed by atoms with E-state index in [0.29, 0.717) is 50.3 Å². The second-order valence-corrected chi connectivity index (χ2v) is 26.4. The fourth-order valence-electron chi connectivity index (χ4n) is 9.34. The monoisotopic (exact) mass is 672 g/mol. The van der Waals surface area contributed by atoms with Crippen LogP contribution in [-0.4, -0.2) is 22.6 Å². The zero-order valence-electron chi connectivity index (χ0n) is 31.1. The molecule has 0 amide bonds. The second-order valence-electron chi connectivity index (χ2n) is 15.7. The average molecular weight is 673 g/mol. The van der Waals surface area contributed by atoms with Gasteiger partial charge in [0.25, 0.3) is 16.6 Å². The maximum absolute atomic E-state index is 13.6. The lowest BCUT2D eigenvalue weighted by molar-refractivity contribution is 0.0223. The summed E-state index contributed by atoms with van der Waals surface area (Å²) in [6.45, 7) is 31.8. The van der Waals surface area contributed by atoms with Crippen LogP contribution in [0.1, 0.15) is 121 Å². The number of ether oxygens (including phenoxy) is 2. The molecular formula is C40H56O5Si2. The molecule has 0 saturated heterocycles. The molecule has 1 spiro atoms. The summed E-state index contributed by atoms with van der Waals surface area (Å²) in [6.07, 6.45) is 0. The van der Waals surface area contributed by atoms with Gasteiger partial charge in [-0.25, -0.2) is 4.79 Å². The van der Waals surface area contributed by atoms with E-state index in [4.69, 9.17) is 18.3 Å². The lowest BCUT2D eigenvalue weighted by Crippen LogP contribution is -2.51. The van der Waals surface area contributed by atoms with Gasteiger partial charge in [-0.1, -0.05) is 101 Å². The summed E-state index contributed by atoms with van der Waals surface area (Å²) < 4.78 is 28.1. The van der Waals surface area contributed by atoms with E-state index in [1.54, 1.807) is 0 Å². The predicted octanol–water partition coefficient (Wildman–Crippen LogP) is 12.0. The van der Waals surface area contributed by atoms with Crippen molar-refractivity contribution in [2.75, 3.05) is 0 Å². The normalized spacial score (nSPS) is 15.4. The van der Waals surface area contributed by atoms with Gasteiger partial charge < -0.3 is 18.3 Å². The van der Waals surface area contributed by atoms with Gasteiger partial charge in [-0.2, -0.15) is 0 Å². The highest BCUT2D eigenvalue weighted by molar-refractivity contribution is 6.78. The predicted molar refractivity (Wildman–Crippen MR) is 198 cm³/mol. The molecule has 3 aromatic carbocycles. The van der Waals surface area contributed by atoms with Crippen LogP contribution in [0.25, 0.3) is 0 Å². The molecule has 0 fully saturated rings. The molecular weight excluding hydrogens is 617 g/mol. The van der Waals surface area contributed by atoms with Gasteiger partial charge in [0.1, 0.15) is 23.0 Å². The van der Waals surface area contributed by atoms with E-state index < -0.39 is 22.2 Å². The third-order valence-corrected chi connectivity index (χ3v) is 23.4. The van der Waals surface area contributed by atoms with Crippen molar-refractivity contribution < 1.29 is 23.1 Å². The average Bonchev–Trinajstić information content (AvgIpc) is 3.28. The van der Waals surface area contributed by atoms with E-state index in [0.717, 1.165) is 39.3 Å². The molecule has 5 nitrogen and oxygen atoms in total. The van der Waals surface area contributed by atoms with Crippen LogP contribution in [0, 0.1) is 13.8 Å². The Hall–Kier alpha value is -3.04. The van der Waals surface area contributed by atoms with Crippen molar-refractivity contribution in [3.8, 4) is 23.0 Å². The Bertz CT molecular complexity index is 1540. The maximum atomic E-state index is 13.6. The van der Waals surface area contributed by atoms with Gasteiger partial charge in [-0.3, -0.25) is 0 Å². The Morgan fingerprint density at radius 1 is 0.553 bits per heavy atom. The first kappa shape index (κ1) is 35.3. The van der Waals surface area contributed by atoms with Crippen LogP contribution in [0.4, 0.5) is 0 Å². The van der Waals surface area contributed by atoms with Crippen molar-refractivity contribution in [2.24, 2.45) is 0 Å². The SMILES string of the molecule is Cc1c(O[Si](C(C)C)(C(C)C)C(C)C)ccc2c1Oc1c(ccc(O[Si](C(C)C)(C(C)C)C(C)C)c1C)C21OC(=O)c2ccccc21. The van der Waals surface area contributed by atoms with Gasteiger partial charge in [0.15, 0.2) is 5.60 Å². The summed E-state index contributed by atoms with van der Waals surface area (Å²) >= 11 is 0. The van der Waals surface area contributed by atoms with Gasteiger partial charge in [0, 0.05) is 27.8 Å². The molecule has 0 bridgehead atoms. The van der Waals surface area contributed by atoms with E-state index >= 15 is 0 Å². The van der Waals surface area contributed by atoms with Crippen molar-refractivity contribution >= 4 is 22.6 Å². The molecule has 254 valence electrons. The number of carbonyl (C=O) groups is 1. The third kappa shape index (κ3) is 5.09. The molecule has 47 heavy (non-hydrogen) atoms. The lowest BCUT2D eigenvalue weighted by atomic mass is 9.76. The molecule has 0 radical (unpaired) electrons. The van der Waals surface area contributed by atoms with Crippen molar-refractivity contribution in [1.82, 2.24) is 0 Å². The van der Waals surface area contributed by atoms with Gasteiger partial charge in [0.05, 0.1) is 5.56 Å². The first-order valence-electron chi connectivity index (χ1n) is 17.6. The molecule has 2 aliphatic rings. The first-order valence-corrected chi connectivity index (χ1v) is 21.9. The number of hydrogen-bond acceptors (Lipinski definition) is 5. The van der Waals surface area contributed by atoms with Crippen LogP contribution >= 0.6 is 0 Å². The Morgan fingerprint density at radius 3 is 1.32 bits per heavy atom. The van der Waals surface area contributed by atoms with Crippen LogP contribution < -0.4 is 13.6 Å². The van der Waals surface area contributed by atoms with Gasteiger partial charge in [-0.05, 0) is 77.4 Å². The number of carbonyl (C=O) groups excluding carboxylic acids is 1. The summed E-state index contributed by atoms with van der Waals surface area (Å²) in [5.41, 5.74) is 6.28. The highest BCUT2D eigenvalue weighted by atomic mass is 28.4. The molecule has 5 rings (SSSR count). The van der Waals surface area contributed by atoms with Crippen LogP contribution in [0.15, 0.2) is 48.5 Å². The van der Waals surface area contributed by atoms with E-state index in [2.05, 4.69) is 121 Å². The van der Waals surface area contributed by atoms with Crippen LogP contribution in [0.3, 0.4) is 0 Å². The van der Waals surface area contributed by atoms with E-state index in [1.165, 1.54) is 0 Å². The summed E-state index contributed by atoms with van der Waals surface area (Å²) in [5, 5.41) is 0. The molecule has 0 saturated carbocycles. The quantitative estimate of drug-likeness (QED) is 0.158. The Labute approximate surface area is 285 Å². The van der Waals surface area contributed by atoms with Crippen molar-refractivity contribution in [1.29, 1.82) is 0 Å². The van der Waals surface area contributed by atoms with Crippen molar-refractivity contribution in [3.63, 3.8) is 0 Å². The van der Waals surface area contributed by atoms with Crippen LogP contribution in [0.5, 0.6) is 23.0 Å². The molecule has 0 aliphatic carbocycles. The Balaban J connectivity index is 1.77. The highest BCUT2D eigenvalue weighted by Crippen LogP contribution is 2.60. The van der Waals surface area contributed by atoms with E-state index in [1.807, 2.05) is 24.3 Å². The minimum atomic E-state index is -2.26. The topological polar surface area (TPSA) is 54.0 Å². The molecule has 2 aliphatic heterocycles. The first-order chi connectivity index (χ1) is 22.0. The standard InChI is InChI=1S/C40H56O5Si2/c1-23(2)46(24(3)4,25(5)6)44-35-21-19-33-37(29(35)13)42-38-30(14)36(45-47(26(7)8,27(9)10)28(11)12)22-20-34(38)40(33)32-18-16-15-17-31(32)39(41)43-40/h15-28H,1-14H3. The number of hydrogen-bond donors (Lipinski definition) is 0. The number of esters is 1. The summed E-state index contributed by atoms with van der Waals surface area (Å²) in [4.78, 5) is 13.6. The molecule has 0 aromatic heterocycles.